The number of fused-ring (bicyclic) bond motifs is 1. The molecule has 4 heteroatoms. The Morgan fingerprint density at radius 1 is 1.47 bits per heavy atom. The lowest BCUT2D eigenvalue weighted by Gasteiger charge is -2.10. The highest BCUT2D eigenvalue weighted by Gasteiger charge is 2.28. The molecular weight excluding hydrogens is 192 g/mol. The number of aliphatic hydroxyl groups is 1. The van der Waals surface area contributed by atoms with Crippen LogP contribution >= 0.6 is 0 Å². The molecule has 0 bridgehead atoms. The highest BCUT2D eigenvalue weighted by Crippen LogP contribution is 2.22. The number of nitrogens with two attached hydrogens (primary N) is 1. The van der Waals surface area contributed by atoms with Gasteiger partial charge in [0, 0.05) is 11.1 Å². The minimum atomic E-state index is -0.840. The summed E-state index contributed by atoms with van der Waals surface area (Å²) in [5, 5.41) is 9.97. The zero-order valence-corrected chi connectivity index (χ0v) is 8.47. The highest BCUT2D eigenvalue weighted by molar-refractivity contribution is 6.08. The zero-order valence-electron chi connectivity index (χ0n) is 8.47. The third-order valence-corrected chi connectivity index (χ3v) is 2.70. The molecule has 1 heterocycles. The van der Waals surface area contributed by atoms with Gasteiger partial charge in [0.15, 0.2) is 5.78 Å². The minimum Gasteiger partial charge on any atom is -0.352 e. The summed E-state index contributed by atoms with van der Waals surface area (Å²) in [5.41, 5.74) is 6.87. The van der Waals surface area contributed by atoms with Gasteiger partial charge in [-0.2, -0.15) is 0 Å². The monoisotopic (exact) mass is 205 g/mol. The highest BCUT2D eigenvalue weighted by atomic mass is 16.3. The third-order valence-electron chi connectivity index (χ3n) is 2.70. The molecule has 0 unspecified atom stereocenters. The number of carbonyl (C=O) groups excluding carboxylic acids is 1. The van der Waals surface area contributed by atoms with Crippen molar-refractivity contribution in [2.75, 3.05) is 7.05 Å². The predicted octanol–water partition coefficient (Wildman–Crippen LogP) is 0.263. The maximum absolute atomic E-state index is 11.8. The van der Waals surface area contributed by atoms with Crippen LogP contribution in [0.2, 0.25) is 0 Å². The molecule has 3 N–H and O–H groups in total. The summed E-state index contributed by atoms with van der Waals surface area (Å²) in [6.45, 7) is 0. The number of Topliss-reactive ketones (excluding diaryl/α,β-unsaturated/α-hetero) is 1. The molecule has 1 atom stereocenters. The topological polar surface area (TPSA) is 66.3 Å². The van der Waals surface area contributed by atoms with Gasteiger partial charge in [0.2, 0.25) is 6.23 Å². The molecule has 0 aromatic heterocycles. The number of rotatable bonds is 0. The molecule has 0 fully saturated rings. The van der Waals surface area contributed by atoms with Gasteiger partial charge in [0.05, 0.1) is 7.05 Å². The van der Waals surface area contributed by atoms with Gasteiger partial charge in [-0.05, 0) is 0 Å². The fraction of sp³-hybridized carbons (Fsp3) is 0.273. The fourth-order valence-electron chi connectivity index (χ4n) is 1.73. The molecule has 1 aromatic rings. The molecule has 0 spiro atoms. The lowest BCUT2D eigenvalue weighted by Crippen LogP contribution is -2.28. The van der Waals surface area contributed by atoms with Crippen LogP contribution < -0.4 is 5.73 Å². The second-order valence-electron chi connectivity index (χ2n) is 3.66. The van der Waals surface area contributed by atoms with E-state index in [4.69, 9.17) is 5.73 Å². The number of hydrogen-bond acceptors (Lipinski definition) is 3. The smallest absolute Gasteiger partial charge is 0.252 e. The Morgan fingerprint density at radius 3 is 2.87 bits per heavy atom. The van der Waals surface area contributed by atoms with Crippen LogP contribution in [0.1, 0.15) is 28.6 Å². The van der Waals surface area contributed by atoms with Crippen LogP contribution in [0.5, 0.6) is 0 Å². The molecule has 0 amide bonds. The summed E-state index contributed by atoms with van der Waals surface area (Å²) in [4.78, 5) is 11.8. The average molecular weight is 205 g/mol. The molecule has 1 aromatic carbocycles. The van der Waals surface area contributed by atoms with Gasteiger partial charge in [-0.1, -0.05) is 24.3 Å². The van der Waals surface area contributed by atoms with Gasteiger partial charge in [-0.3, -0.25) is 10.5 Å². The van der Waals surface area contributed by atoms with Gasteiger partial charge in [0.25, 0.3) is 5.84 Å². The normalized spacial score (nSPS) is 21.2. The van der Waals surface area contributed by atoms with Crippen molar-refractivity contribution in [3.8, 4) is 0 Å². The molecule has 1 aliphatic heterocycles. The van der Waals surface area contributed by atoms with Crippen molar-refractivity contribution < 1.29 is 14.5 Å². The van der Waals surface area contributed by atoms with Gasteiger partial charge < -0.3 is 5.11 Å². The van der Waals surface area contributed by atoms with E-state index in [9.17, 15) is 9.90 Å². The molecule has 4 nitrogen and oxygen atoms in total. The molecule has 78 valence electrons. The number of carbonyl (C=O) groups is 1. The van der Waals surface area contributed by atoms with E-state index in [0.29, 0.717) is 17.0 Å². The molecule has 0 aliphatic carbocycles. The number of hydrogen-bond donors (Lipinski definition) is 2. The van der Waals surface area contributed by atoms with Crippen molar-refractivity contribution in [2.45, 2.75) is 12.6 Å². The molecule has 0 radical (unpaired) electrons. The number of aliphatic hydroxyl groups excluding tert-OH is 1. The molecule has 2 rings (SSSR count). The Bertz CT molecular complexity index is 452. The van der Waals surface area contributed by atoms with Crippen molar-refractivity contribution in [2.24, 2.45) is 5.73 Å². The lowest BCUT2D eigenvalue weighted by atomic mass is 10.0. The van der Waals surface area contributed by atoms with E-state index < -0.39 is 6.23 Å². The van der Waals surface area contributed by atoms with E-state index in [1.807, 2.05) is 0 Å². The minimum absolute atomic E-state index is 0.0495. The summed E-state index contributed by atoms with van der Waals surface area (Å²) < 4.78 is 1.52. The summed E-state index contributed by atoms with van der Waals surface area (Å²) in [5.74, 6) is 0.343. The van der Waals surface area contributed by atoms with E-state index in [1.54, 1.807) is 31.3 Å². The first-order valence-corrected chi connectivity index (χ1v) is 4.75. The van der Waals surface area contributed by atoms with Crippen molar-refractivity contribution in [3.63, 3.8) is 0 Å². The quantitative estimate of drug-likeness (QED) is 0.597. The Hall–Kier alpha value is -1.68. The van der Waals surface area contributed by atoms with Crippen molar-refractivity contribution in [1.29, 1.82) is 0 Å². The predicted molar refractivity (Wildman–Crippen MR) is 55.7 cm³/mol. The van der Waals surface area contributed by atoms with Crippen molar-refractivity contribution in [1.82, 2.24) is 0 Å². The largest absolute Gasteiger partial charge is 0.352 e. The summed E-state index contributed by atoms with van der Waals surface area (Å²) in [7, 11) is 1.68. The van der Waals surface area contributed by atoms with Crippen LogP contribution in [-0.4, -0.2) is 28.3 Å². The van der Waals surface area contributed by atoms with E-state index in [0.717, 1.165) is 0 Å². The van der Waals surface area contributed by atoms with Gasteiger partial charge >= 0.3 is 0 Å². The molecule has 15 heavy (non-hydrogen) atoms. The Balaban J connectivity index is 2.62. The van der Waals surface area contributed by atoms with Crippen LogP contribution in [0.25, 0.3) is 0 Å². The van der Waals surface area contributed by atoms with Gasteiger partial charge in [-0.15, -0.1) is 0 Å². The Kier molecular flexibility index (Phi) is 2.28. The number of nitrogens with zero attached hydrogens (tertiary/aromatic N) is 1. The summed E-state index contributed by atoms with van der Waals surface area (Å²) in [6.07, 6.45) is -0.683. The van der Waals surface area contributed by atoms with Crippen molar-refractivity contribution >= 4 is 11.6 Å². The molecular formula is C11H13N2O2+. The maximum Gasteiger partial charge on any atom is 0.252 e. The zero-order chi connectivity index (χ0) is 11.0. The standard InChI is InChI=1S/C11H12N2O2/c1-13-10(12)6-9(14)7-4-2-3-5-8(7)11(13)15/h2-5,11-12,15H,6H2,1H3/p+1/t11-/m1/s1. The van der Waals surface area contributed by atoms with Crippen molar-refractivity contribution in [3.05, 3.63) is 35.4 Å². The van der Waals surface area contributed by atoms with E-state index in [1.165, 1.54) is 4.58 Å². The molecule has 1 aliphatic rings. The van der Waals surface area contributed by atoms with Gasteiger partial charge in [-0.25, -0.2) is 4.58 Å². The molecule has 0 saturated heterocycles. The second kappa shape index (κ2) is 3.47. The number of ketones is 1. The third kappa shape index (κ3) is 1.53. The van der Waals surface area contributed by atoms with Crippen LogP contribution in [-0.2, 0) is 0 Å². The first-order chi connectivity index (χ1) is 7.11. The van der Waals surface area contributed by atoms with E-state index >= 15 is 0 Å². The molecule has 0 saturated carbocycles. The Morgan fingerprint density at radius 2 is 2.13 bits per heavy atom. The van der Waals surface area contributed by atoms with E-state index in [-0.39, 0.29) is 12.2 Å². The Labute approximate surface area is 87.7 Å². The first kappa shape index (κ1) is 9.86. The first-order valence-electron chi connectivity index (χ1n) is 4.75. The van der Waals surface area contributed by atoms with Gasteiger partial charge in [0.1, 0.15) is 6.42 Å². The van der Waals surface area contributed by atoms with E-state index in [2.05, 4.69) is 0 Å². The van der Waals surface area contributed by atoms with Crippen LogP contribution in [0, 0.1) is 0 Å². The van der Waals surface area contributed by atoms with Crippen LogP contribution in [0.15, 0.2) is 24.3 Å². The van der Waals surface area contributed by atoms with Crippen LogP contribution in [0.3, 0.4) is 0 Å². The maximum atomic E-state index is 11.8. The number of benzene rings is 1. The lowest BCUT2D eigenvalue weighted by molar-refractivity contribution is -0.593. The summed E-state index contributed by atoms with van der Waals surface area (Å²) in [6, 6.07) is 7.04. The van der Waals surface area contributed by atoms with Crippen LogP contribution in [0.4, 0.5) is 0 Å². The second-order valence-corrected chi connectivity index (χ2v) is 3.66. The SMILES string of the molecule is C[N+]1=C(N)CC(=O)c2ccccc2[C@H]1O. The number of amidine groups is 1. The summed E-state index contributed by atoms with van der Waals surface area (Å²) >= 11 is 0. The average Bonchev–Trinajstić information content (AvgIpc) is 2.33. The fourth-order valence-corrected chi connectivity index (χ4v) is 1.73.